The molecule has 0 radical (unpaired) electrons. The molecule has 2 aliphatic carbocycles. The van der Waals surface area contributed by atoms with E-state index in [1.54, 1.807) is 0 Å². The van der Waals surface area contributed by atoms with Gasteiger partial charge in [0, 0.05) is 18.7 Å². The van der Waals surface area contributed by atoms with E-state index in [0.29, 0.717) is 29.0 Å². The number of fused-ring (bicyclic) bond motifs is 2. The molecule has 1 N–H and O–H groups in total. The second kappa shape index (κ2) is 5.28. The third-order valence-corrected chi connectivity index (χ3v) is 6.65. The van der Waals surface area contributed by atoms with Gasteiger partial charge in [-0.2, -0.15) is 0 Å². The average Bonchev–Trinajstić information content (AvgIpc) is 2.87. The first-order valence-electron chi connectivity index (χ1n) is 8.83. The molecule has 3 fully saturated rings. The maximum Gasteiger partial charge on any atom is 0.0589 e. The quantitative estimate of drug-likeness (QED) is 0.835. The lowest BCUT2D eigenvalue weighted by Crippen LogP contribution is -2.55. The monoisotopic (exact) mass is 279 g/mol. The molecule has 5 atom stereocenters. The van der Waals surface area contributed by atoms with Gasteiger partial charge in [-0.15, -0.1) is 0 Å². The highest BCUT2D eigenvalue weighted by Gasteiger charge is 2.59. The minimum Gasteiger partial charge on any atom is -0.378 e. The predicted molar refractivity (Wildman–Crippen MR) is 83.8 cm³/mol. The zero-order valence-electron chi connectivity index (χ0n) is 13.9. The van der Waals surface area contributed by atoms with Crippen LogP contribution in [0.15, 0.2) is 0 Å². The van der Waals surface area contributed by atoms with Crippen LogP contribution < -0.4 is 5.32 Å². The van der Waals surface area contributed by atoms with Gasteiger partial charge in [0.2, 0.25) is 0 Å². The van der Waals surface area contributed by atoms with E-state index in [0.717, 1.165) is 12.5 Å². The Morgan fingerprint density at radius 3 is 2.65 bits per heavy atom. The lowest BCUT2D eigenvalue weighted by Gasteiger charge is -2.46. The van der Waals surface area contributed by atoms with Crippen LogP contribution in [0.2, 0.25) is 0 Å². The Morgan fingerprint density at radius 2 is 2.00 bits per heavy atom. The van der Waals surface area contributed by atoms with Gasteiger partial charge in [-0.3, -0.25) is 0 Å². The fourth-order valence-electron chi connectivity index (χ4n) is 5.51. The fraction of sp³-hybridized carbons (Fsp3) is 1.00. The summed E-state index contributed by atoms with van der Waals surface area (Å²) >= 11 is 0. The van der Waals surface area contributed by atoms with Crippen LogP contribution in [0.3, 0.4) is 0 Å². The van der Waals surface area contributed by atoms with Crippen LogP contribution in [0.1, 0.15) is 72.6 Å². The zero-order chi connectivity index (χ0) is 14.4. The van der Waals surface area contributed by atoms with Gasteiger partial charge in [0.15, 0.2) is 0 Å². The third-order valence-electron chi connectivity index (χ3n) is 6.65. The van der Waals surface area contributed by atoms with E-state index in [9.17, 15) is 0 Å². The van der Waals surface area contributed by atoms with Crippen LogP contribution in [-0.4, -0.2) is 24.8 Å². The summed E-state index contributed by atoms with van der Waals surface area (Å²) in [6.45, 7) is 10.8. The molecule has 0 aromatic carbocycles. The van der Waals surface area contributed by atoms with Crippen molar-refractivity contribution in [2.45, 2.75) is 90.8 Å². The standard InChI is InChI=1S/C18H33NO/c1-5-6-15-11-14(8-10-20-15)19-16-17(2,3)13-7-9-18(16,4)12-13/h13-16,19H,5-12H2,1-4H3. The van der Waals surface area contributed by atoms with Crippen LogP contribution in [0.4, 0.5) is 0 Å². The largest absolute Gasteiger partial charge is 0.378 e. The van der Waals surface area contributed by atoms with Crippen molar-refractivity contribution in [2.24, 2.45) is 16.7 Å². The number of hydrogen-bond acceptors (Lipinski definition) is 2. The Hall–Kier alpha value is -0.0800. The number of nitrogens with one attached hydrogen (secondary N) is 1. The van der Waals surface area contributed by atoms with Crippen LogP contribution >= 0.6 is 0 Å². The highest BCUT2D eigenvalue weighted by Crippen LogP contribution is 2.62. The molecule has 0 aromatic rings. The minimum atomic E-state index is 0.478. The molecule has 0 aromatic heterocycles. The zero-order valence-corrected chi connectivity index (χ0v) is 13.9. The molecule has 20 heavy (non-hydrogen) atoms. The maximum absolute atomic E-state index is 5.91. The molecule has 2 heteroatoms. The lowest BCUT2D eigenvalue weighted by molar-refractivity contribution is -0.0146. The van der Waals surface area contributed by atoms with Crippen molar-refractivity contribution < 1.29 is 4.74 Å². The summed E-state index contributed by atoms with van der Waals surface area (Å²) in [7, 11) is 0. The van der Waals surface area contributed by atoms with Crippen molar-refractivity contribution in [1.29, 1.82) is 0 Å². The minimum absolute atomic E-state index is 0.478. The van der Waals surface area contributed by atoms with Gasteiger partial charge in [0.05, 0.1) is 6.10 Å². The smallest absolute Gasteiger partial charge is 0.0589 e. The summed E-state index contributed by atoms with van der Waals surface area (Å²) in [5, 5.41) is 4.09. The van der Waals surface area contributed by atoms with Crippen molar-refractivity contribution in [3.05, 3.63) is 0 Å². The van der Waals surface area contributed by atoms with E-state index < -0.39 is 0 Å². The first-order valence-corrected chi connectivity index (χ1v) is 8.83. The van der Waals surface area contributed by atoms with Gasteiger partial charge in [-0.05, 0) is 55.3 Å². The van der Waals surface area contributed by atoms with Gasteiger partial charge in [0.25, 0.3) is 0 Å². The molecule has 2 bridgehead atoms. The normalized spacial score (nSPS) is 46.8. The SMILES string of the molecule is CCCC1CC(NC2C3(C)CCC(C3)C2(C)C)CCO1. The van der Waals surface area contributed by atoms with Gasteiger partial charge in [-0.1, -0.05) is 34.1 Å². The van der Waals surface area contributed by atoms with Gasteiger partial charge in [-0.25, -0.2) is 0 Å². The topological polar surface area (TPSA) is 21.3 Å². The van der Waals surface area contributed by atoms with Crippen LogP contribution in [0, 0.1) is 16.7 Å². The van der Waals surface area contributed by atoms with Crippen LogP contribution in [0.25, 0.3) is 0 Å². The van der Waals surface area contributed by atoms with E-state index in [1.165, 1.54) is 44.9 Å². The number of hydrogen-bond donors (Lipinski definition) is 1. The van der Waals surface area contributed by atoms with Crippen molar-refractivity contribution >= 4 is 0 Å². The molecule has 1 heterocycles. The molecular weight excluding hydrogens is 246 g/mol. The first-order chi connectivity index (χ1) is 9.45. The summed E-state index contributed by atoms with van der Waals surface area (Å²) < 4.78 is 5.91. The van der Waals surface area contributed by atoms with Gasteiger partial charge >= 0.3 is 0 Å². The Labute approximate surface area is 125 Å². The van der Waals surface area contributed by atoms with Crippen molar-refractivity contribution in [3.63, 3.8) is 0 Å². The summed E-state index contributed by atoms with van der Waals surface area (Å²) in [4.78, 5) is 0. The molecule has 2 saturated carbocycles. The Balaban J connectivity index is 1.65. The maximum atomic E-state index is 5.91. The van der Waals surface area contributed by atoms with E-state index in [1.807, 2.05) is 0 Å². The highest BCUT2D eigenvalue weighted by atomic mass is 16.5. The van der Waals surface area contributed by atoms with Gasteiger partial charge in [0.1, 0.15) is 0 Å². The summed E-state index contributed by atoms with van der Waals surface area (Å²) in [5.74, 6) is 0.941. The third kappa shape index (κ3) is 2.43. The molecular formula is C18H33NO. The summed E-state index contributed by atoms with van der Waals surface area (Å²) in [5.41, 5.74) is 1.03. The molecule has 5 unspecified atom stereocenters. The molecule has 1 saturated heterocycles. The summed E-state index contributed by atoms with van der Waals surface area (Å²) in [6, 6.07) is 1.39. The van der Waals surface area contributed by atoms with Crippen molar-refractivity contribution in [3.8, 4) is 0 Å². The molecule has 0 spiro atoms. The predicted octanol–water partition coefficient (Wildman–Crippen LogP) is 4.14. The molecule has 0 amide bonds. The second-order valence-electron chi connectivity index (χ2n) is 8.52. The van der Waals surface area contributed by atoms with Gasteiger partial charge < -0.3 is 10.1 Å². The number of rotatable bonds is 4. The Morgan fingerprint density at radius 1 is 1.20 bits per heavy atom. The molecule has 2 nitrogen and oxygen atoms in total. The molecule has 3 rings (SSSR count). The van der Waals surface area contributed by atoms with E-state index in [4.69, 9.17) is 4.74 Å². The van der Waals surface area contributed by atoms with E-state index in [-0.39, 0.29) is 0 Å². The van der Waals surface area contributed by atoms with Crippen molar-refractivity contribution in [1.82, 2.24) is 5.32 Å². The number of ether oxygens (including phenoxy) is 1. The highest BCUT2D eigenvalue weighted by molar-refractivity contribution is 5.12. The Bertz CT molecular complexity index is 347. The lowest BCUT2D eigenvalue weighted by atomic mass is 9.68. The van der Waals surface area contributed by atoms with Crippen LogP contribution in [-0.2, 0) is 4.74 Å². The average molecular weight is 279 g/mol. The van der Waals surface area contributed by atoms with Crippen molar-refractivity contribution in [2.75, 3.05) is 6.61 Å². The Kier molecular flexibility index (Phi) is 3.92. The molecule has 1 aliphatic heterocycles. The van der Waals surface area contributed by atoms with E-state index in [2.05, 4.69) is 33.0 Å². The fourth-order valence-corrected chi connectivity index (χ4v) is 5.51. The first kappa shape index (κ1) is 14.8. The van der Waals surface area contributed by atoms with Crippen LogP contribution in [0.5, 0.6) is 0 Å². The molecule has 3 aliphatic rings. The van der Waals surface area contributed by atoms with E-state index >= 15 is 0 Å². The summed E-state index contributed by atoms with van der Waals surface area (Å²) in [6.07, 6.45) is 9.72. The second-order valence-corrected chi connectivity index (χ2v) is 8.52. The molecule has 116 valence electrons.